The number of unbranched alkanes of at least 4 members (excludes halogenated alkanes) is 2. The molecule has 1 aromatic heterocycles. The lowest BCUT2D eigenvalue weighted by Gasteiger charge is -2.06. The minimum Gasteiger partial charge on any atom is -0.463 e. The first-order chi connectivity index (χ1) is 13.1. The molecule has 0 aliphatic heterocycles. The molecule has 0 amide bonds. The minimum absolute atomic E-state index is 0.228. The SMILES string of the molecule is [NH3+]CCCCCC(=O)Oc1ccc2c(=O)c(-c3ccc(F)cc3)coc2c1. The van der Waals surface area contributed by atoms with Crippen LogP contribution in [0.4, 0.5) is 4.39 Å². The van der Waals surface area contributed by atoms with Crippen LogP contribution < -0.4 is 15.9 Å². The molecule has 3 N–H and O–H groups in total. The van der Waals surface area contributed by atoms with E-state index in [1.165, 1.54) is 36.6 Å². The molecule has 5 nitrogen and oxygen atoms in total. The molecule has 0 bridgehead atoms. The normalized spacial score (nSPS) is 10.9. The number of benzene rings is 2. The van der Waals surface area contributed by atoms with Crippen molar-refractivity contribution in [2.24, 2.45) is 0 Å². The second-order valence-electron chi connectivity index (χ2n) is 6.28. The first kappa shape index (κ1) is 18.8. The maximum absolute atomic E-state index is 13.1. The Bertz CT molecular complexity index is 995. The Hall–Kier alpha value is -2.99. The molecule has 3 rings (SSSR count). The van der Waals surface area contributed by atoms with Gasteiger partial charge in [-0.15, -0.1) is 0 Å². The molecule has 1 heterocycles. The van der Waals surface area contributed by atoms with E-state index in [2.05, 4.69) is 5.73 Å². The Morgan fingerprint density at radius 3 is 2.59 bits per heavy atom. The van der Waals surface area contributed by atoms with E-state index in [4.69, 9.17) is 9.15 Å². The van der Waals surface area contributed by atoms with E-state index in [-0.39, 0.29) is 17.2 Å². The van der Waals surface area contributed by atoms with E-state index in [0.29, 0.717) is 34.3 Å². The summed E-state index contributed by atoms with van der Waals surface area (Å²) < 4.78 is 23.9. The van der Waals surface area contributed by atoms with Crippen molar-refractivity contribution < 1.29 is 24.1 Å². The van der Waals surface area contributed by atoms with Crippen LogP contribution in [0.15, 0.2) is 57.9 Å². The highest BCUT2D eigenvalue weighted by Crippen LogP contribution is 2.23. The Balaban J connectivity index is 1.79. The highest BCUT2D eigenvalue weighted by atomic mass is 19.1. The van der Waals surface area contributed by atoms with Crippen LogP contribution in [0, 0.1) is 5.82 Å². The van der Waals surface area contributed by atoms with Crippen molar-refractivity contribution in [2.45, 2.75) is 25.7 Å². The maximum Gasteiger partial charge on any atom is 0.311 e. The Morgan fingerprint density at radius 2 is 1.85 bits per heavy atom. The monoisotopic (exact) mass is 370 g/mol. The zero-order valence-corrected chi connectivity index (χ0v) is 14.9. The molecule has 0 fully saturated rings. The summed E-state index contributed by atoms with van der Waals surface area (Å²) in [5.41, 5.74) is 4.78. The van der Waals surface area contributed by atoms with E-state index >= 15 is 0 Å². The van der Waals surface area contributed by atoms with Gasteiger partial charge in [0.05, 0.1) is 17.5 Å². The van der Waals surface area contributed by atoms with Crippen LogP contribution in [0.5, 0.6) is 5.75 Å². The molecule has 0 spiro atoms. The second-order valence-corrected chi connectivity index (χ2v) is 6.28. The molecule has 0 saturated heterocycles. The molecule has 2 aromatic carbocycles. The van der Waals surface area contributed by atoms with E-state index in [1.54, 1.807) is 12.1 Å². The molecule has 27 heavy (non-hydrogen) atoms. The third-order valence-electron chi connectivity index (χ3n) is 4.26. The van der Waals surface area contributed by atoms with Crippen molar-refractivity contribution in [1.29, 1.82) is 0 Å². The number of hydrogen-bond donors (Lipinski definition) is 1. The van der Waals surface area contributed by atoms with Gasteiger partial charge in [-0.3, -0.25) is 9.59 Å². The van der Waals surface area contributed by atoms with E-state index < -0.39 is 0 Å². The number of ether oxygens (including phenoxy) is 1. The maximum atomic E-state index is 13.1. The van der Waals surface area contributed by atoms with Gasteiger partial charge >= 0.3 is 5.97 Å². The molecule has 140 valence electrons. The molecule has 0 aliphatic rings. The summed E-state index contributed by atoms with van der Waals surface area (Å²) in [5, 5.41) is 0.368. The number of carbonyl (C=O) groups excluding carboxylic acids is 1. The Kier molecular flexibility index (Phi) is 5.98. The lowest BCUT2D eigenvalue weighted by molar-refractivity contribution is -0.368. The molecule has 0 radical (unpaired) electrons. The first-order valence-corrected chi connectivity index (χ1v) is 8.90. The van der Waals surface area contributed by atoms with Crippen LogP contribution in [0.3, 0.4) is 0 Å². The van der Waals surface area contributed by atoms with E-state index in [0.717, 1.165) is 25.8 Å². The van der Waals surface area contributed by atoms with Crippen molar-refractivity contribution in [3.8, 4) is 16.9 Å². The number of quaternary nitrogens is 1. The smallest absolute Gasteiger partial charge is 0.311 e. The highest BCUT2D eigenvalue weighted by Gasteiger charge is 2.12. The summed E-state index contributed by atoms with van der Waals surface area (Å²) in [7, 11) is 0. The van der Waals surface area contributed by atoms with Gasteiger partial charge in [0.2, 0.25) is 0 Å². The summed E-state index contributed by atoms with van der Waals surface area (Å²) in [6, 6.07) is 10.3. The second kappa shape index (κ2) is 8.60. The van der Waals surface area contributed by atoms with Crippen molar-refractivity contribution in [3.05, 3.63) is 64.8 Å². The van der Waals surface area contributed by atoms with Crippen LogP contribution >= 0.6 is 0 Å². The number of esters is 1. The van der Waals surface area contributed by atoms with Gasteiger partial charge in [-0.25, -0.2) is 4.39 Å². The molecule has 0 atom stereocenters. The van der Waals surface area contributed by atoms with Gasteiger partial charge < -0.3 is 14.9 Å². The predicted molar refractivity (Wildman–Crippen MR) is 99.7 cm³/mol. The zero-order valence-electron chi connectivity index (χ0n) is 14.9. The molecular weight excluding hydrogens is 349 g/mol. The van der Waals surface area contributed by atoms with Gasteiger partial charge in [-0.2, -0.15) is 0 Å². The number of fused-ring (bicyclic) bond motifs is 1. The summed E-state index contributed by atoms with van der Waals surface area (Å²) in [5.74, 6) is -0.354. The van der Waals surface area contributed by atoms with Crippen molar-refractivity contribution in [3.63, 3.8) is 0 Å². The number of halogens is 1. The zero-order chi connectivity index (χ0) is 19.2. The molecule has 0 aliphatic carbocycles. The van der Waals surface area contributed by atoms with Gasteiger partial charge in [-0.05, 0) is 49.1 Å². The van der Waals surface area contributed by atoms with Crippen molar-refractivity contribution >= 4 is 16.9 Å². The van der Waals surface area contributed by atoms with Gasteiger partial charge in [-0.1, -0.05) is 12.1 Å². The third kappa shape index (κ3) is 4.60. The topological polar surface area (TPSA) is 84.1 Å². The summed E-state index contributed by atoms with van der Waals surface area (Å²) in [6.45, 7) is 0.860. The fourth-order valence-corrected chi connectivity index (χ4v) is 2.81. The Morgan fingerprint density at radius 1 is 1.07 bits per heavy atom. The third-order valence-corrected chi connectivity index (χ3v) is 4.26. The van der Waals surface area contributed by atoms with Crippen molar-refractivity contribution in [1.82, 2.24) is 0 Å². The van der Waals surface area contributed by atoms with Crippen LogP contribution in [-0.2, 0) is 4.79 Å². The molecule has 0 saturated carbocycles. The fraction of sp³-hybridized carbons (Fsp3) is 0.238. The van der Waals surface area contributed by atoms with Gasteiger partial charge in [0, 0.05) is 12.5 Å². The number of carbonyl (C=O) groups is 1. The lowest BCUT2D eigenvalue weighted by Crippen LogP contribution is -2.50. The predicted octanol–water partition coefficient (Wildman–Crippen LogP) is 3.31. The minimum atomic E-state index is -0.373. The largest absolute Gasteiger partial charge is 0.463 e. The van der Waals surface area contributed by atoms with Gasteiger partial charge in [0.1, 0.15) is 23.4 Å². The first-order valence-electron chi connectivity index (χ1n) is 8.90. The fourth-order valence-electron chi connectivity index (χ4n) is 2.81. The number of hydrogen-bond acceptors (Lipinski definition) is 4. The Labute approximate surface area is 155 Å². The lowest BCUT2D eigenvalue weighted by atomic mass is 10.1. The molecule has 6 heteroatoms. The van der Waals surface area contributed by atoms with E-state index in [1.807, 2.05) is 0 Å². The van der Waals surface area contributed by atoms with Gasteiger partial charge in [0.15, 0.2) is 5.43 Å². The average Bonchev–Trinajstić information content (AvgIpc) is 2.66. The van der Waals surface area contributed by atoms with Crippen molar-refractivity contribution in [2.75, 3.05) is 6.54 Å². The van der Waals surface area contributed by atoms with Crippen LogP contribution in [0.1, 0.15) is 25.7 Å². The summed E-state index contributed by atoms with van der Waals surface area (Å²) >= 11 is 0. The van der Waals surface area contributed by atoms with Crippen LogP contribution in [0.2, 0.25) is 0 Å². The standard InChI is InChI=1S/C21H20FNO4/c22-15-7-5-14(6-8-15)18-13-26-19-12-16(9-10-17(19)21(18)25)27-20(24)4-2-1-3-11-23/h5-10,12-13H,1-4,11,23H2/p+1. The summed E-state index contributed by atoms with van der Waals surface area (Å²) in [4.78, 5) is 24.6. The quantitative estimate of drug-likeness (QED) is 0.393. The van der Waals surface area contributed by atoms with E-state index in [9.17, 15) is 14.0 Å². The van der Waals surface area contributed by atoms with Crippen LogP contribution in [-0.4, -0.2) is 12.5 Å². The average molecular weight is 370 g/mol. The molecule has 3 aromatic rings. The van der Waals surface area contributed by atoms with Gasteiger partial charge in [0.25, 0.3) is 0 Å². The highest BCUT2D eigenvalue weighted by molar-refractivity contribution is 5.83. The number of rotatable bonds is 7. The molecule has 0 unspecified atom stereocenters. The summed E-state index contributed by atoms with van der Waals surface area (Å²) in [6.07, 6.45) is 4.37. The molecular formula is C21H21FNO4+. The van der Waals surface area contributed by atoms with Crippen LogP contribution in [0.25, 0.3) is 22.1 Å².